The first-order valence-electron chi connectivity index (χ1n) is 6.72. The number of carbonyl (C=O) groups is 1. The number of nitrogen functional groups attached to an aromatic ring is 1. The molecule has 2 aromatic heterocycles. The minimum Gasteiger partial charge on any atom is -0.464 e. The van der Waals surface area contributed by atoms with Gasteiger partial charge in [-0.2, -0.15) is 5.10 Å². The van der Waals surface area contributed by atoms with Crippen LogP contribution in [0.2, 0.25) is 0 Å². The Bertz CT molecular complexity index is 600. The number of amides is 1. The Kier molecular flexibility index (Phi) is 4.12. The molecule has 0 fully saturated rings. The van der Waals surface area contributed by atoms with E-state index in [0.29, 0.717) is 11.4 Å². The molecule has 0 saturated heterocycles. The van der Waals surface area contributed by atoms with Crippen LogP contribution in [0.3, 0.4) is 0 Å². The largest absolute Gasteiger partial charge is 0.464 e. The predicted molar refractivity (Wildman–Crippen MR) is 76.3 cm³/mol. The van der Waals surface area contributed by atoms with Gasteiger partial charge in [-0.25, -0.2) is 0 Å². The minimum atomic E-state index is -0.303. The second-order valence-electron chi connectivity index (χ2n) is 4.86. The Morgan fingerprint density at radius 1 is 1.55 bits per heavy atom. The number of carbonyl (C=O) groups excluding carboxylic acids is 1. The summed E-state index contributed by atoms with van der Waals surface area (Å²) in [5.41, 5.74) is 7.40. The fraction of sp³-hybridized carbons (Fsp3) is 0.429. The number of hydrogen-bond acceptors (Lipinski definition) is 4. The molecule has 0 radical (unpaired) electrons. The number of rotatable bonds is 5. The molecule has 4 N–H and O–H groups in total. The normalized spacial score (nSPS) is 12.3. The third-order valence-electron chi connectivity index (χ3n) is 3.13. The first kappa shape index (κ1) is 14.2. The van der Waals surface area contributed by atoms with Crippen LogP contribution in [0.5, 0.6) is 0 Å². The number of nitrogens with zero attached hydrogens (tertiary/aromatic N) is 1. The molecule has 2 rings (SSSR count). The Balaban J connectivity index is 2.08. The molecule has 2 aromatic rings. The van der Waals surface area contributed by atoms with Gasteiger partial charge in [0.15, 0.2) is 5.69 Å². The van der Waals surface area contributed by atoms with Crippen molar-refractivity contribution in [2.75, 3.05) is 5.73 Å². The van der Waals surface area contributed by atoms with Crippen molar-refractivity contribution in [1.29, 1.82) is 0 Å². The quantitative estimate of drug-likeness (QED) is 0.780. The van der Waals surface area contributed by atoms with Crippen LogP contribution in [0.1, 0.15) is 54.0 Å². The van der Waals surface area contributed by atoms with Crippen LogP contribution in [0, 0.1) is 6.92 Å². The topological polar surface area (TPSA) is 96.9 Å². The number of nitrogens with one attached hydrogen (secondary N) is 2. The van der Waals surface area contributed by atoms with Crippen molar-refractivity contribution in [3.05, 3.63) is 35.0 Å². The van der Waals surface area contributed by atoms with Gasteiger partial charge in [-0.1, -0.05) is 13.3 Å². The van der Waals surface area contributed by atoms with Crippen LogP contribution in [0.25, 0.3) is 0 Å². The maximum absolute atomic E-state index is 12.2. The predicted octanol–water partition coefficient (Wildman–Crippen LogP) is 2.34. The second-order valence-corrected chi connectivity index (χ2v) is 4.86. The van der Waals surface area contributed by atoms with Crippen molar-refractivity contribution in [3.8, 4) is 0 Å². The van der Waals surface area contributed by atoms with Gasteiger partial charge in [0.05, 0.1) is 17.4 Å². The van der Waals surface area contributed by atoms with Crippen LogP contribution in [-0.4, -0.2) is 16.1 Å². The number of aryl methyl sites for hydroxylation is 2. The maximum atomic E-state index is 12.2. The van der Waals surface area contributed by atoms with Crippen molar-refractivity contribution in [2.45, 2.75) is 39.7 Å². The van der Waals surface area contributed by atoms with E-state index in [2.05, 4.69) is 15.5 Å². The molecule has 108 valence electrons. The molecule has 0 aliphatic heterocycles. The number of nitrogens with two attached hydrogens (primary N) is 1. The lowest BCUT2D eigenvalue weighted by molar-refractivity contribution is 0.0931. The molecule has 1 unspecified atom stereocenters. The summed E-state index contributed by atoms with van der Waals surface area (Å²) in [5.74, 6) is 1.21. The number of aromatic amines is 1. The van der Waals surface area contributed by atoms with Gasteiger partial charge >= 0.3 is 0 Å². The number of anilines is 1. The van der Waals surface area contributed by atoms with Crippen molar-refractivity contribution < 1.29 is 9.21 Å². The van der Waals surface area contributed by atoms with Gasteiger partial charge in [0.25, 0.3) is 5.91 Å². The van der Waals surface area contributed by atoms with E-state index in [1.807, 2.05) is 32.9 Å². The maximum Gasteiger partial charge on any atom is 0.274 e. The Morgan fingerprint density at radius 3 is 2.90 bits per heavy atom. The van der Waals surface area contributed by atoms with Crippen molar-refractivity contribution in [2.24, 2.45) is 0 Å². The Labute approximate surface area is 117 Å². The first-order chi connectivity index (χ1) is 9.52. The Morgan fingerprint density at radius 2 is 2.30 bits per heavy atom. The van der Waals surface area contributed by atoms with E-state index >= 15 is 0 Å². The average Bonchev–Trinajstić information content (AvgIpc) is 2.98. The molecule has 1 atom stereocenters. The highest BCUT2D eigenvalue weighted by molar-refractivity contribution is 5.97. The van der Waals surface area contributed by atoms with E-state index in [1.54, 1.807) is 0 Å². The van der Waals surface area contributed by atoms with Crippen LogP contribution in [0.4, 0.5) is 5.69 Å². The number of furan rings is 1. The zero-order valence-corrected chi connectivity index (χ0v) is 12.0. The smallest absolute Gasteiger partial charge is 0.274 e. The molecule has 6 heteroatoms. The molecule has 6 nitrogen and oxygen atoms in total. The van der Waals surface area contributed by atoms with Crippen molar-refractivity contribution in [3.63, 3.8) is 0 Å². The van der Waals surface area contributed by atoms with Gasteiger partial charge in [0.1, 0.15) is 11.5 Å². The monoisotopic (exact) mass is 276 g/mol. The summed E-state index contributed by atoms with van der Waals surface area (Å²) in [6.07, 6.45) is 1.72. The summed E-state index contributed by atoms with van der Waals surface area (Å²) >= 11 is 0. The van der Waals surface area contributed by atoms with Crippen molar-refractivity contribution in [1.82, 2.24) is 15.5 Å². The molecular weight excluding hydrogens is 256 g/mol. The molecule has 1 amide bonds. The fourth-order valence-corrected chi connectivity index (χ4v) is 2.02. The SMILES string of the molecule is CCCc1[nH]nc(C(=O)NC(C)c2ccc(C)o2)c1N. The number of aromatic nitrogens is 2. The summed E-state index contributed by atoms with van der Waals surface area (Å²) in [6, 6.07) is 3.47. The lowest BCUT2D eigenvalue weighted by atomic mass is 10.2. The van der Waals surface area contributed by atoms with E-state index in [9.17, 15) is 4.79 Å². The third kappa shape index (κ3) is 2.84. The third-order valence-corrected chi connectivity index (χ3v) is 3.13. The number of hydrogen-bond donors (Lipinski definition) is 3. The van der Waals surface area contributed by atoms with Crippen LogP contribution < -0.4 is 11.1 Å². The minimum absolute atomic E-state index is 0.234. The summed E-state index contributed by atoms with van der Waals surface area (Å²) in [7, 11) is 0. The van der Waals surface area contributed by atoms with Gasteiger partial charge < -0.3 is 15.5 Å². The zero-order chi connectivity index (χ0) is 14.7. The summed E-state index contributed by atoms with van der Waals surface area (Å²) in [5, 5.41) is 9.63. The first-order valence-corrected chi connectivity index (χ1v) is 6.72. The van der Waals surface area contributed by atoms with Crippen molar-refractivity contribution >= 4 is 11.6 Å². The molecule has 0 bridgehead atoms. The van der Waals surface area contributed by atoms with Gasteiger partial charge in [-0.15, -0.1) is 0 Å². The fourth-order valence-electron chi connectivity index (χ4n) is 2.02. The standard InChI is InChI=1S/C14H20N4O2/c1-4-5-10-12(15)13(18-17-10)14(19)16-9(3)11-7-6-8(2)20-11/h6-7,9H,4-5,15H2,1-3H3,(H,16,19)(H,17,18). The molecule has 20 heavy (non-hydrogen) atoms. The van der Waals surface area contributed by atoms with Gasteiger partial charge in [0.2, 0.25) is 0 Å². The lowest BCUT2D eigenvalue weighted by Crippen LogP contribution is -2.27. The molecular formula is C14H20N4O2. The molecule has 0 aliphatic carbocycles. The van der Waals surface area contributed by atoms with E-state index in [-0.39, 0.29) is 17.6 Å². The molecule has 0 aromatic carbocycles. The molecule has 0 spiro atoms. The molecule has 0 aliphatic rings. The van der Waals surface area contributed by atoms with Gasteiger partial charge in [-0.05, 0) is 32.4 Å². The summed E-state index contributed by atoms with van der Waals surface area (Å²) in [4.78, 5) is 12.2. The molecule has 2 heterocycles. The van der Waals surface area contributed by atoms with E-state index in [0.717, 1.165) is 24.3 Å². The van der Waals surface area contributed by atoms with Gasteiger partial charge in [-0.3, -0.25) is 9.89 Å². The summed E-state index contributed by atoms with van der Waals surface area (Å²) in [6.45, 7) is 5.76. The highest BCUT2D eigenvalue weighted by Gasteiger charge is 2.20. The highest BCUT2D eigenvalue weighted by Crippen LogP contribution is 2.19. The lowest BCUT2D eigenvalue weighted by Gasteiger charge is -2.10. The van der Waals surface area contributed by atoms with E-state index < -0.39 is 0 Å². The average molecular weight is 276 g/mol. The Hall–Kier alpha value is -2.24. The van der Waals surface area contributed by atoms with E-state index in [4.69, 9.17) is 10.2 Å². The van der Waals surface area contributed by atoms with Crippen LogP contribution in [-0.2, 0) is 6.42 Å². The van der Waals surface area contributed by atoms with Crippen LogP contribution >= 0.6 is 0 Å². The highest BCUT2D eigenvalue weighted by atomic mass is 16.3. The number of H-pyrrole nitrogens is 1. The van der Waals surface area contributed by atoms with Gasteiger partial charge in [0, 0.05) is 0 Å². The summed E-state index contributed by atoms with van der Waals surface area (Å²) < 4.78 is 5.48. The van der Waals surface area contributed by atoms with E-state index in [1.165, 1.54) is 0 Å². The molecule has 0 saturated carbocycles. The van der Waals surface area contributed by atoms with Crippen LogP contribution in [0.15, 0.2) is 16.5 Å². The second kappa shape index (κ2) is 5.81. The zero-order valence-electron chi connectivity index (χ0n) is 12.0.